The molecule has 0 radical (unpaired) electrons. The minimum atomic E-state index is -0.543. The van der Waals surface area contributed by atoms with Crippen LogP contribution in [0.4, 0.5) is 5.69 Å². The van der Waals surface area contributed by atoms with Crippen LogP contribution in [0.1, 0.15) is 13.3 Å². The Morgan fingerprint density at radius 2 is 1.95 bits per heavy atom. The summed E-state index contributed by atoms with van der Waals surface area (Å²) in [7, 11) is 0. The zero-order valence-corrected chi connectivity index (χ0v) is 10.9. The first-order valence-electron chi connectivity index (χ1n) is 5.79. The molecule has 0 atom stereocenters. The van der Waals surface area contributed by atoms with E-state index >= 15 is 0 Å². The van der Waals surface area contributed by atoms with Gasteiger partial charge in [0.25, 0.3) is 5.69 Å². The number of nitro benzene ring substituents is 1. The summed E-state index contributed by atoms with van der Waals surface area (Å²) in [4.78, 5) is 32.5. The third-order valence-electron chi connectivity index (χ3n) is 2.28. The Balaban J connectivity index is 2.40. The van der Waals surface area contributed by atoms with E-state index in [2.05, 4.69) is 11.9 Å². The lowest BCUT2D eigenvalue weighted by Gasteiger charge is -2.05. The van der Waals surface area contributed by atoms with E-state index in [-0.39, 0.29) is 30.3 Å². The molecule has 0 aliphatic carbocycles. The molecule has 106 valence electrons. The number of carbonyl (C=O) groups is 2. The molecule has 0 fully saturated rings. The molecule has 1 aromatic carbocycles. The second-order valence-corrected chi connectivity index (χ2v) is 4.01. The summed E-state index contributed by atoms with van der Waals surface area (Å²) in [6.45, 7) is 5.16. The van der Waals surface area contributed by atoms with Gasteiger partial charge >= 0.3 is 5.97 Å². The van der Waals surface area contributed by atoms with Gasteiger partial charge in [-0.15, -0.1) is 0 Å². The van der Waals surface area contributed by atoms with Crippen LogP contribution in [0.15, 0.2) is 36.4 Å². The fourth-order valence-corrected chi connectivity index (χ4v) is 1.25. The molecule has 1 rings (SSSR count). The summed E-state index contributed by atoms with van der Waals surface area (Å²) in [5.41, 5.74) is 0.271. The van der Waals surface area contributed by atoms with Gasteiger partial charge in [0.05, 0.1) is 11.3 Å². The number of ether oxygens (including phenoxy) is 1. The highest BCUT2D eigenvalue weighted by Crippen LogP contribution is 2.17. The van der Waals surface area contributed by atoms with Crippen molar-refractivity contribution in [1.29, 1.82) is 0 Å². The van der Waals surface area contributed by atoms with Gasteiger partial charge < -0.3 is 10.1 Å². The molecule has 0 aliphatic heterocycles. The first kappa shape index (κ1) is 15.4. The van der Waals surface area contributed by atoms with Crippen LogP contribution < -0.4 is 10.1 Å². The van der Waals surface area contributed by atoms with Gasteiger partial charge in [-0.1, -0.05) is 6.58 Å². The minimum Gasteiger partial charge on any atom is -0.426 e. The van der Waals surface area contributed by atoms with Crippen LogP contribution in [-0.4, -0.2) is 23.3 Å². The largest absolute Gasteiger partial charge is 0.426 e. The predicted octanol–water partition coefficient (Wildman–Crippen LogP) is 1.58. The highest BCUT2D eigenvalue weighted by Gasteiger charge is 2.09. The smallest absolute Gasteiger partial charge is 0.312 e. The lowest BCUT2D eigenvalue weighted by atomic mass is 10.3. The van der Waals surface area contributed by atoms with Gasteiger partial charge in [0.2, 0.25) is 5.91 Å². The van der Waals surface area contributed by atoms with Crippen LogP contribution >= 0.6 is 0 Å². The van der Waals surface area contributed by atoms with Crippen molar-refractivity contribution >= 4 is 17.6 Å². The van der Waals surface area contributed by atoms with Gasteiger partial charge in [-0.3, -0.25) is 19.7 Å². The van der Waals surface area contributed by atoms with Crippen LogP contribution in [0.25, 0.3) is 0 Å². The number of non-ortho nitro benzene ring substituents is 1. The third-order valence-corrected chi connectivity index (χ3v) is 2.28. The predicted molar refractivity (Wildman–Crippen MR) is 71.2 cm³/mol. The number of benzene rings is 1. The lowest BCUT2D eigenvalue weighted by Crippen LogP contribution is -2.27. The molecule has 0 spiro atoms. The summed E-state index contributed by atoms with van der Waals surface area (Å²) >= 11 is 0. The van der Waals surface area contributed by atoms with E-state index in [0.717, 1.165) is 0 Å². The van der Waals surface area contributed by atoms with Gasteiger partial charge in [0.15, 0.2) is 0 Å². The van der Waals surface area contributed by atoms with E-state index < -0.39 is 10.9 Å². The molecule has 7 heteroatoms. The average molecular weight is 278 g/mol. The maximum absolute atomic E-state index is 11.5. The summed E-state index contributed by atoms with van der Waals surface area (Å²) in [6.07, 6.45) is -0.00396. The monoisotopic (exact) mass is 278 g/mol. The van der Waals surface area contributed by atoms with Gasteiger partial charge in [0.1, 0.15) is 5.75 Å². The molecular formula is C13H14N2O5. The Hall–Kier alpha value is -2.70. The fourth-order valence-electron chi connectivity index (χ4n) is 1.25. The highest BCUT2D eigenvalue weighted by atomic mass is 16.6. The van der Waals surface area contributed by atoms with E-state index in [9.17, 15) is 19.7 Å². The second kappa shape index (κ2) is 7.03. The molecule has 0 unspecified atom stereocenters. The number of amides is 1. The van der Waals surface area contributed by atoms with E-state index in [0.29, 0.717) is 5.57 Å². The van der Waals surface area contributed by atoms with Crippen molar-refractivity contribution in [2.45, 2.75) is 13.3 Å². The lowest BCUT2D eigenvalue weighted by molar-refractivity contribution is -0.384. The van der Waals surface area contributed by atoms with Crippen molar-refractivity contribution in [3.05, 3.63) is 46.5 Å². The molecule has 0 bridgehead atoms. The number of nitrogens with one attached hydrogen (secondary N) is 1. The van der Waals surface area contributed by atoms with Crippen molar-refractivity contribution in [3.8, 4) is 5.75 Å². The Labute approximate surface area is 115 Å². The van der Waals surface area contributed by atoms with Crippen molar-refractivity contribution in [2.24, 2.45) is 0 Å². The van der Waals surface area contributed by atoms with E-state index in [1.165, 1.54) is 24.3 Å². The topological polar surface area (TPSA) is 98.5 Å². The molecule has 7 nitrogen and oxygen atoms in total. The van der Waals surface area contributed by atoms with Gasteiger partial charge in [-0.2, -0.15) is 0 Å². The Morgan fingerprint density at radius 3 is 2.45 bits per heavy atom. The van der Waals surface area contributed by atoms with Crippen molar-refractivity contribution in [3.63, 3.8) is 0 Å². The standard InChI is InChI=1S/C13H14N2O5/c1-9(2)13(17)14-8-7-12(16)20-11-5-3-10(4-6-11)15(18)19/h3-6H,1,7-8H2,2H3,(H,14,17). The summed E-state index contributed by atoms with van der Waals surface area (Å²) in [5, 5.41) is 12.9. The Bertz CT molecular complexity index is 536. The van der Waals surface area contributed by atoms with Crippen molar-refractivity contribution in [2.75, 3.05) is 6.54 Å². The normalized spacial score (nSPS) is 9.65. The van der Waals surface area contributed by atoms with E-state index in [1.807, 2.05) is 0 Å². The molecule has 1 amide bonds. The van der Waals surface area contributed by atoms with Crippen LogP contribution in [0.3, 0.4) is 0 Å². The zero-order valence-electron chi connectivity index (χ0n) is 10.9. The van der Waals surface area contributed by atoms with Crippen molar-refractivity contribution in [1.82, 2.24) is 5.32 Å². The van der Waals surface area contributed by atoms with Crippen LogP contribution in [0.5, 0.6) is 5.75 Å². The van der Waals surface area contributed by atoms with Crippen LogP contribution in [-0.2, 0) is 9.59 Å². The molecule has 0 heterocycles. The molecule has 0 saturated heterocycles. The second-order valence-electron chi connectivity index (χ2n) is 4.01. The third kappa shape index (κ3) is 4.89. The summed E-state index contributed by atoms with van der Waals surface area (Å²) in [5.74, 6) is -0.652. The number of nitrogens with zero attached hydrogens (tertiary/aromatic N) is 1. The van der Waals surface area contributed by atoms with Gasteiger partial charge in [-0.05, 0) is 19.1 Å². The molecule has 0 aliphatic rings. The number of hydrogen-bond acceptors (Lipinski definition) is 5. The van der Waals surface area contributed by atoms with Crippen molar-refractivity contribution < 1.29 is 19.2 Å². The quantitative estimate of drug-likeness (QED) is 0.280. The molecule has 1 aromatic rings. The minimum absolute atomic E-state index is 0.00396. The summed E-state index contributed by atoms with van der Waals surface area (Å²) in [6, 6.07) is 5.15. The van der Waals surface area contributed by atoms with E-state index in [1.54, 1.807) is 6.92 Å². The first-order chi connectivity index (χ1) is 9.40. The zero-order chi connectivity index (χ0) is 15.1. The number of hydrogen-bond donors (Lipinski definition) is 1. The van der Waals surface area contributed by atoms with Gasteiger partial charge in [0, 0.05) is 24.3 Å². The first-order valence-corrected chi connectivity index (χ1v) is 5.79. The number of rotatable bonds is 6. The van der Waals surface area contributed by atoms with E-state index in [4.69, 9.17) is 4.74 Å². The number of nitro groups is 1. The molecule has 1 N–H and O–H groups in total. The Kier molecular flexibility index (Phi) is 5.40. The number of carbonyl (C=O) groups excluding carboxylic acids is 2. The van der Waals surface area contributed by atoms with Crippen LogP contribution in [0, 0.1) is 10.1 Å². The molecular weight excluding hydrogens is 264 g/mol. The van der Waals surface area contributed by atoms with Gasteiger partial charge in [-0.25, -0.2) is 0 Å². The maximum Gasteiger partial charge on any atom is 0.312 e. The summed E-state index contributed by atoms with van der Waals surface area (Å²) < 4.78 is 4.96. The van der Waals surface area contributed by atoms with Crippen LogP contribution in [0.2, 0.25) is 0 Å². The average Bonchev–Trinajstić information content (AvgIpc) is 2.39. The SMILES string of the molecule is C=C(C)C(=O)NCCC(=O)Oc1ccc([N+](=O)[O-])cc1. The maximum atomic E-state index is 11.5. The fraction of sp³-hybridized carbons (Fsp3) is 0.231. The molecule has 0 saturated carbocycles. The Morgan fingerprint density at radius 1 is 1.35 bits per heavy atom. The number of esters is 1. The highest BCUT2D eigenvalue weighted by molar-refractivity contribution is 5.92. The molecule has 20 heavy (non-hydrogen) atoms. The molecule has 0 aromatic heterocycles.